The maximum atomic E-state index is 12.9. The van der Waals surface area contributed by atoms with Gasteiger partial charge in [-0.25, -0.2) is 9.18 Å². The average Bonchev–Trinajstić information content (AvgIpc) is 2.90. The lowest BCUT2D eigenvalue weighted by Gasteiger charge is -2.21. The second-order valence-electron chi connectivity index (χ2n) is 4.76. The summed E-state index contributed by atoms with van der Waals surface area (Å²) in [7, 11) is 0. The molecule has 0 spiro atoms. The fourth-order valence-electron chi connectivity index (χ4n) is 2.31. The molecule has 7 heteroatoms. The largest absolute Gasteiger partial charge is 0.491 e. The Morgan fingerprint density at radius 1 is 1.48 bits per heavy atom. The van der Waals surface area contributed by atoms with Gasteiger partial charge >= 0.3 is 5.97 Å². The lowest BCUT2D eigenvalue weighted by atomic mass is 10.2. The molecule has 1 heterocycles. The Kier molecular flexibility index (Phi) is 5.01. The zero-order valence-electron chi connectivity index (χ0n) is 11.2. The molecule has 1 aliphatic heterocycles. The lowest BCUT2D eigenvalue weighted by Crippen LogP contribution is -2.40. The zero-order valence-corrected chi connectivity index (χ0v) is 12.0. The van der Waals surface area contributed by atoms with Crippen LogP contribution < -0.4 is 4.74 Å². The molecule has 0 unspecified atom stereocenters. The quantitative estimate of drug-likeness (QED) is 0.905. The number of hydrogen-bond donors (Lipinski definition) is 1. The standard InChI is InChI=1S/C14H15ClFNO4/c15-10-8-9(16)3-4-12(10)21-7-5-13(18)17-6-1-2-11(17)14(19)20/h3-4,8,11H,1-2,5-7H2,(H,19,20)/t11-/m1/s1. The maximum absolute atomic E-state index is 12.9. The number of benzene rings is 1. The van der Waals surface area contributed by atoms with E-state index in [1.165, 1.54) is 17.0 Å². The third kappa shape index (κ3) is 3.85. The van der Waals surface area contributed by atoms with Crippen molar-refractivity contribution in [3.05, 3.63) is 29.0 Å². The van der Waals surface area contributed by atoms with Crippen molar-refractivity contribution in [1.29, 1.82) is 0 Å². The SMILES string of the molecule is O=C(O)[C@H]1CCCN1C(=O)CCOc1ccc(F)cc1Cl. The first-order chi connectivity index (χ1) is 9.99. The number of amides is 1. The molecule has 1 aromatic carbocycles. The number of carboxylic acid groups (broad SMARTS) is 1. The highest BCUT2D eigenvalue weighted by atomic mass is 35.5. The van der Waals surface area contributed by atoms with Gasteiger partial charge < -0.3 is 14.7 Å². The number of hydrogen-bond acceptors (Lipinski definition) is 3. The predicted octanol–water partition coefficient (Wildman–Crippen LogP) is 2.32. The summed E-state index contributed by atoms with van der Waals surface area (Å²) in [5.74, 6) is -1.42. The highest BCUT2D eigenvalue weighted by Crippen LogP contribution is 2.25. The molecule has 1 aromatic rings. The first-order valence-electron chi connectivity index (χ1n) is 6.59. The Morgan fingerprint density at radius 2 is 2.24 bits per heavy atom. The van der Waals surface area contributed by atoms with Crippen molar-refractivity contribution >= 4 is 23.5 Å². The molecule has 1 saturated heterocycles. The van der Waals surface area contributed by atoms with Crippen LogP contribution in [0.3, 0.4) is 0 Å². The minimum absolute atomic E-state index is 0.0531. The number of aliphatic carboxylic acids is 1. The molecule has 0 aromatic heterocycles. The van der Waals surface area contributed by atoms with Crippen molar-refractivity contribution in [3.8, 4) is 5.75 Å². The number of ether oxygens (including phenoxy) is 1. The van der Waals surface area contributed by atoms with Crippen LogP contribution in [0.4, 0.5) is 4.39 Å². The highest BCUT2D eigenvalue weighted by Gasteiger charge is 2.33. The van der Waals surface area contributed by atoms with Crippen molar-refractivity contribution < 1.29 is 23.8 Å². The zero-order chi connectivity index (χ0) is 15.4. The van der Waals surface area contributed by atoms with E-state index in [1.807, 2.05) is 0 Å². The summed E-state index contributed by atoms with van der Waals surface area (Å²) in [4.78, 5) is 24.3. The molecular formula is C14H15ClFNO4. The highest BCUT2D eigenvalue weighted by molar-refractivity contribution is 6.32. The normalized spacial score (nSPS) is 17.8. The average molecular weight is 316 g/mol. The van der Waals surface area contributed by atoms with Gasteiger partial charge in [0.1, 0.15) is 17.6 Å². The van der Waals surface area contributed by atoms with E-state index in [1.54, 1.807) is 0 Å². The molecule has 1 aliphatic rings. The van der Waals surface area contributed by atoms with Crippen LogP contribution in [0.2, 0.25) is 5.02 Å². The summed E-state index contributed by atoms with van der Waals surface area (Å²) in [6.45, 7) is 0.514. The summed E-state index contributed by atoms with van der Waals surface area (Å²) < 4.78 is 18.2. The summed E-state index contributed by atoms with van der Waals surface area (Å²) in [5.41, 5.74) is 0. The van der Waals surface area contributed by atoms with Crippen LogP contribution in [0.5, 0.6) is 5.75 Å². The van der Waals surface area contributed by atoms with Crippen LogP contribution in [0.25, 0.3) is 0 Å². The number of carboxylic acids is 1. The Morgan fingerprint density at radius 3 is 2.90 bits per heavy atom. The second kappa shape index (κ2) is 6.76. The number of halogens is 2. The van der Waals surface area contributed by atoms with Gasteiger partial charge in [-0.3, -0.25) is 4.79 Å². The Balaban J connectivity index is 1.85. The third-order valence-electron chi connectivity index (χ3n) is 3.33. The van der Waals surface area contributed by atoms with Crippen molar-refractivity contribution in [2.24, 2.45) is 0 Å². The topological polar surface area (TPSA) is 66.8 Å². The molecular weight excluding hydrogens is 301 g/mol. The van der Waals surface area contributed by atoms with Crippen LogP contribution in [0, 0.1) is 5.82 Å². The summed E-state index contributed by atoms with van der Waals surface area (Å²) >= 11 is 5.80. The minimum atomic E-state index is -0.983. The van der Waals surface area contributed by atoms with Gasteiger partial charge in [-0.1, -0.05) is 11.6 Å². The number of nitrogens with zero attached hydrogens (tertiary/aromatic N) is 1. The monoisotopic (exact) mass is 315 g/mol. The van der Waals surface area contributed by atoms with Gasteiger partial charge in [0.2, 0.25) is 5.91 Å². The van der Waals surface area contributed by atoms with Crippen LogP contribution in [-0.2, 0) is 9.59 Å². The number of carbonyl (C=O) groups is 2. The molecule has 0 aliphatic carbocycles. The first-order valence-corrected chi connectivity index (χ1v) is 6.97. The molecule has 2 rings (SSSR count). The molecule has 0 saturated carbocycles. The lowest BCUT2D eigenvalue weighted by molar-refractivity contribution is -0.148. The Hall–Kier alpha value is -1.82. The van der Waals surface area contributed by atoms with Crippen LogP contribution in [-0.4, -0.2) is 41.1 Å². The van der Waals surface area contributed by atoms with Gasteiger partial charge in [-0.15, -0.1) is 0 Å². The van der Waals surface area contributed by atoms with Crippen molar-refractivity contribution in [1.82, 2.24) is 4.90 Å². The van der Waals surface area contributed by atoms with Crippen molar-refractivity contribution in [3.63, 3.8) is 0 Å². The van der Waals surface area contributed by atoms with E-state index in [9.17, 15) is 14.0 Å². The van der Waals surface area contributed by atoms with E-state index in [2.05, 4.69) is 0 Å². The molecule has 114 valence electrons. The van der Waals surface area contributed by atoms with Gasteiger partial charge in [-0.05, 0) is 31.0 Å². The van der Waals surface area contributed by atoms with Gasteiger partial charge in [0, 0.05) is 6.54 Å². The number of carbonyl (C=O) groups excluding carboxylic acids is 1. The van der Waals surface area contributed by atoms with Gasteiger partial charge in [0.05, 0.1) is 18.1 Å². The van der Waals surface area contributed by atoms with Gasteiger partial charge in [0.15, 0.2) is 0 Å². The van der Waals surface area contributed by atoms with E-state index in [0.717, 1.165) is 6.07 Å². The van der Waals surface area contributed by atoms with Gasteiger partial charge in [-0.2, -0.15) is 0 Å². The molecule has 1 atom stereocenters. The van der Waals surface area contributed by atoms with Crippen LogP contribution in [0.1, 0.15) is 19.3 Å². The number of likely N-dealkylation sites (tertiary alicyclic amines) is 1. The molecule has 1 amide bonds. The fourth-order valence-corrected chi connectivity index (χ4v) is 2.53. The summed E-state index contributed by atoms with van der Waals surface area (Å²) in [5, 5.41) is 9.15. The Bertz CT molecular complexity index is 552. The molecule has 1 fully saturated rings. The van der Waals surface area contributed by atoms with E-state index in [0.29, 0.717) is 25.1 Å². The minimum Gasteiger partial charge on any atom is -0.491 e. The fraction of sp³-hybridized carbons (Fsp3) is 0.429. The van der Waals surface area contributed by atoms with Crippen LogP contribution >= 0.6 is 11.6 Å². The van der Waals surface area contributed by atoms with Crippen molar-refractivity contribution in [2.45, 2.75) is 25.3 Å². The molecule has 0 radical (unpaired) electrons. The molecule has 21 heavy (non-hydrogen) atoms. The molecule has 1 N–H and O–H groups in total. The maximum Gasteiger partial charge on any atom is 0.326 e. The van der Waals surface area contributed by atoms with Crippen LogP contribution in [0.15, 0.2) is 18.2 Å². The van der Waals surface area contributed by atoms with Gasteiger partial charge in [0.25, 0.3) is 0 Å². The number of rotatable bonds is 5. The van der Waals surface area contributed by atoms with E-state index < -0.39 is 17.8 Å². The molecule has 5 nitrogen and oxygen atoms in total. The summed E-state index contributed by atoms with van der Waals surface area (Å²) in [6, 6.07) is 2.98. The predicted molar refractivity (Wildman–Crippen MR) is 73.9 cm³/mol. The molecule has 0 bridgehead atoms. The van der Waals surface area contributed by atoms with E-state index in [4.69, 9.17) is 21.4 Å². The van der Waals surface area contributed by atoms with E-state index >= 15 is 0 Å². The second-order valence-corrected chi connectivity index (χ2v) is 5.16. The first kappa shape index (κ1) is 15.6. The smallest absolute Gasteiger partial charge is 0.326 e. The van der Waals surface area contributed by atoms with E-state index in [-0.39, 0.29) is 24.0 Å². The Labute approximate surface area is 126 Å². The third-order valence-corrected chi connectivity index (χ3v) is 3.62. The summed E-state index contributed by atoms with van der Waals surface area (Å²) in [6.07, 6.45) is 1.22. The van der Waals surface area contributed by atoms with Crippen molar-refractivity contribution in [2.75, 3.05) is 13.2 Å².